The Balaban J connectivity index is 2.02. The van der Waals surface area contributed by atoms with Gasteiger partial charge in [-0.3, -0.25) is 4.79 Å². The van der Waals surface area contributed by atoms with E-state index in [0.29, 0.717) is 24.7 Å². The fourth-order valence-corrected chi connectivity index (χ4v) is 2.20. The minimum absolute atomic E-state index is 0.0492. The summed E-state index contributed by atoms with van der Waals surface area (Å²) in [5, 5.41) is 8.84. The second kappa shape index (κ2) is 5.36. The number of carbonyl (C=O) groups is 1. The van der Waals surface area contributed by atoms with Crippen LogP contribution in [-0.2, 0) is 0 Å². The highest BCUT2D eigenvalue weighted by Crippen LogP contribution is 2.26. The Kier molecular flexibility index (Phi) is 3.84. The van der Waals surface area contributed by atoms with Crippen LogP contribution in [0.1, 0.15) is 36.2 Å². The van der Waals surface area contributed by atoms with Gasteiger partial charge in [-0.25, -0.2) is 0 Å². The van der Waals surface area contributed by atoms with Gasteiger partial charge in [0.05, 0.1) is 17.9 Å². The van der Waals surface area contributed by atoms with Crippen LogP contribution in [0.15, 0.2) is 6.20 Å². The molecule has 0 saturated heterocycles. The first-order chi connectivity index (χ1) is 7.83. The number of aliphatic hydroxyl groups excluding tert-OH is 1. The van der Waals surface area contributed by atoms with Crippen molar-refractivity contribution in [2.45, 2.75) is 31.7 Å². The van der Waals surface area contributed by atoms with Crippen LogP contribution in [-0.4, -0.2) is 43.9 Å². The number of carbonyl (C=O) groups excluding carboxylic acids is 1. The molecule has 0 spiro atoms. The van der Waals surface area contributed by atoms with Gasteiger partial charge in [0.15, 0.2) is 5.69 Å². The third-order valence-electron chi connectivity index (χ3n) is 2.91. The third kappa shape index (κ3) is 2.38. The zero-order valence-corrected chi connectivity index (χ0v) is 9.82. The normalized spacial score (nSPS) is 15.8. The summed E-state index contributed by atoms with van der Waals surface area (Å²) in [6, 6.07) is 0.334. The molecule has 1 amide bonds. The molecule has 1 aromatic rings. The molecule has 0 aliphatic heterocycles. The quantitative estimate of drug-likeness (QED) is 0.832. The third-order valence-corrected chi connectivity index (χ3v) is 3.39. The average molecular weight is 241 g/mol. The summed E-state index contributed by atoms with van der Waals surface area (Å²) < 4.78 is 7.81. The minimum Gasteiger partial charge on any atom is -0.396 e. The Hall–Kier alpha value is -1.01. The Labute approximate surface area is 98.4 Å². The lowest BCUT2D eigenvalue weighted by Gasteiger charge is -2.37. The summed E-state index contributed by atoms with van der Waals surface area (Å²) in [5.41, 5.74) is 0.426. The van der Waals surface area contributed by atoms with Crippen LogP contribution in [0.25, 0.3) is 0 Å². The van der Waals surface area contributed by atoms with Gasteiger partial charge in [0.25, 0.3) is 5.91 Å². The number of amides is 1. The maximum atomic E-state index is 12.1. The van der Waals surface area contributed by atoms with Gasteiger partial charge < -0.3 is 10.0 Å². The van der Waals surface area contributed by atoms with E-state index in [2.05, 4.69) is 8.75 Å². The van der Waals surface area contributed by atoms with Crippen molar-refractivity contribution in [3.8, 4) is 0 Å². The summed E-state index contributed by atoms with van der Waals surface area (Å²) in [4.78, 5) is 13.9. The van der Waals surface area contributed by atoms with Gasteiger partial charge in [0.1, 0.15) is 0 Å². The predicted molar refractivity (Wildman–Crippen MR) is 60.3 cm³/mol. The fourth-order valence-electron chi connectivity index (χ4n) is 1.80. The Bertz CT molecular complexity index is 338. The van der Waals surface area contributed by atoms with Gasteiger partial charge in [-0.1, -0.05) is 0 Å². The summed E-state index contributed by atoms with van der Waals surface area (Å²) in [5.74, 6) is -0.0492. The molecule has 0 aromatic carbocycles. The van der Waals surface area contributed by atoms with Crippen molar-refractivity contribution >= 4 is 17.6 Å². The van der Waals surface area contributed by atoms with Crippen LogP contribution in [0.2, 0.25) is 0 Å². The van der Waals surface area contributed by atoms with E-state index >= 15 is 0 Å². The number of aliphatic hydroxyl groups is 1. The lowest BCUT2D eigenvalue weighted by molar-refractivity contribution is 0.0557. The molecule has 16 heavy (non-hydrogen) atoms. The predicted octanol–water partition coefficient (Wildman–Crippen LogP) is 0.915. The van der Waals surface area contributed by atoms with Crippen LogP contribution in [0.3, 0.4) is 0 Å². The van der Waals surface area contributed by atoms with Gasteiger partial charge >= 0.3 is 0 Å². The summed E-state index contributed by atoms with van der Waals surface area (Å²) >= 11 is 1.05. The van der Waals surface area contributed by atoms with E-state index in [1.807, 2.05) is 4.90 Å². The highest BCUT2D eigenvalue weighted by Gasteiger charge is 2.29. The molecule has 5 nitrogen and oxygen atoms in total. The molecule has 1 aliphatic rings. The molecule has 0 radical (unpaired) electrons. The van der Waals surface area contributed by atoms with E-state index in [4.69, 9.17) is 5.11 Å². The highest BCUT2D eigenvalue weighted by molar-refractivity contribution is 6.99. The summed E-state index contributed by atoms with van der Waals surface area (Å²) in [6.45, 7) is 0.726. The van der Waals surface area contributed by atoms with Crippen molar-refractivity contribution < 1.29 is 9.90 Å². The molecule has 0 bridgehead atoms. The van der Waals surface area contributed by atoms with Gasteiger partial charge in [-0.2, -0.15) is 8.75 Å². The van der Waals surface area contributed by atoms with E-state index in [1.165, 1.54) is 12.6 Å². The minimum atomic E-state index is -0.0492. The largest absolute Gasteiger partial charge is 0.396 e. The van der Waals surface area contributed by atoms with E-state index in [0.717, 1.165) is 24.6 Å². The van der Waals surface area contributed by atoms with E-state index in [-0.39, 0.29) is 12.5 Å². The van der Waals surface area contributed by atoms with Gasteiger partial charge in [0.2, 0.25) is 0 Å². The lowest BCUT2D eigenvalue weighted by Crippen LogP contribution is -2.45. The standard InChI is InChI=1S/C10H15N3O2S/c14-6-2-5-13(8-3-1-4-8)10(15)9-7-11-16-12-9/h7-8,14H,1-6H2. The van der Waals surface area contributed by atoms with E-state index in [9.17, 15) is 4.79 Å². The highest BCUT2D eigenvalue weighted by atomic mass is 32.1. The van der Waals surface area contributed by atoms with E-state index < -0.39 is 0 Å². The molecule has 1 heterocycles. The maximum absolute atomic E-state index is 12.1. The van der Waals surface area contributed by atoms with Crippen LogP contribution >= 0.6 is 11.7 Å². The molecule has 0 unspecified atom stereocenters. The van der Waals surface area contributed by atoms with Crippen molar-refractivity contribution in [3.05, 3.63) is 11.9 Å². The van der Waals surface area contributed by atoms with Crippen molar-refractivity contribution in [3.63, 3.8) is 0 Å². The first-order valence-electron chi connectivity index (χ1n) is 5.52. The zero-order valence-electron chi connectivity index (χ0n) is 9.00. The van der Waals surface area contributed by atoms with Crippen LogP contribution < -0.4 is 0 Å². The summed E-state index contributed by atoms with van der Waals surface area (Å²) in [6.07, 6.45) is 5.45. The molecular weight excluding hydrogens is 226 g/mol. The van der Waals surface area contributed by atoms with Crippen molar-refractivity contribution in [2.75, 3.05) is 13.2 Å². The number of hydrogen-bond donors (Lipinski definition) is 1. The van der Waals surface area contributed by atoms with Crippen LogP contribution in [0, 0.1) is 0 Å². The first kappa shape index (κ1) is 11.5. The van der Waals surface area contributed by atoms with Gasteiger partial charge in [-0.15, -0.1) is 0 Å². The average Bonchev–Trinajstić information content (AvgIpc) is 2.73. The lowest BCUT2D eigenvalue weighted by atomic mass is 9.91. The molecule has 0 atom stereocenters. The molecule has 6 heteroatoms. The van der Waals surface area contributed by atoms with E-state index in [1.54, 1.807) is 0 Å². The van der Waals surface area contributed by atoms with Crippen molar-refractivity contribution in [2.24, 2.45) is 0 Å². The Morgan fingerprint density at radius 2 is 2.44 bits per heavy atom. The van der Waals surface area contributed by atoms with Crippen LogP contribution in [0.4, 0.5) is 0 Å². The van der Waals surface area contributed by atoms with Crippen LogP contribution in [0.5, 0.6) is 0 Å². The van der Waals surface area contributed by atoms with Gasteiger partial charge in [0, 0.05) is 19.2 Å². The maximum Gasteiger partial charge on any atom is 0.275 e. The molecule has 1 aromatic heterocycles. The fraction of sp³-hybridized carbons (Fsp3) is 0.700. The molecular formula is C10H15N3O2S. The zero-order chi connectivity index (χ0) is 11.4. The molecule has 1 fully saturated rings. The number of rotatable bonds is 5. The molecule has 2 rings (SSSR count). The number of nitrogens with zero attached hydrogens (tertiary/aromatic N) is 3. The van der Waals surface area contributed by atoms with Crippen molar-refractivity contribution in [1.82, 2.24) is 13.6 Å². The SMILES string of the molecule is O=C(c1cnsn1)N(CCCO)C1CCC1. The molecule has 88 valence electrons. The second-order valence-corrected chi connectivity index (χ2v) is 4.51. The molecule has 1 aliphatic carbocycles. The van der Waals surface area contributed by atoms with Gasteiger partial charge in [-0.05, 0) is 25.7 Å². The number of hydrogen-bond acceptors (Lipinski definition) is 5. The smallest absolute Gasteiger partial charge is 0.275 e. The topological polar surface area (TPSA) is 66.3 Å². The Morgan fingerprint density at radius 1 is 1.62 bits per heavy atom. The molecule has 1 saturated carbocycles. The molecule has 1 N–H and O–H groups in total. The monoisotopic (exact) mass is 241 g/mol. The second-order valence-electron chi connectivity index (χ2n) is 3.95. The first-order valence-corrected chi connectivity index (χ1v) is 6.25. The Morgan fingerprint density at radius 3 is 2.94 bits per heavy atom. The van der Waals surface area contributed by atoms with Crippen molar-refractivity contribution in [1.29, 1.82) is 0 Å². The summed E-state index contributed by atoms with van der Waals surface area (Å²) in [7, 11) is 0. The number of aromatic nitrogens is 2.